The number of pyridine rings is 1. The number of hydrogen-bond donors (Lipinski definition) is 2. The topological polar surface area (TPSA) is 97.5 Å². The Balaban J connectivity index is 2.55. The summed E-state index contributed by atoms with van der Waals surface area (Å²) in [7, 11) is -0.123. The third kappa shape index (κ3) is 5.22. The number of halogens is 1. The van der Waals surface area contributed by atoms with Gasteiger partial charge in [0, 0.05) is 32.9 Å². The highest BCUT2D eigenvalue weighted by atomic mass is 35.5. The van der Waals surface area contributed by atoms with Gasteiger partial charge in [-0.2, -0.15) is 0 Å². The molecule has 9 heteroatoms. The molecule has 0 bridgehead atoms. The number of likely N-dealkylation sites (N-methyl/N-ethyl adjacent to an activating group) is 1. The van der Waals surface area contributed by atoms with E-state index >= 15 is 0 Å². The largest absolute Gasteiger partial charge is 0.383 e. The lowest BCUT2D eigenvalue weighted by molar-refractivity contribution is 0.162. The Hall–Kier alpha value is -0.930. The minimum atomic E-state index is -3.63. The second-order valence-electron chi connectivity index (χ2n) is 4.23. The molecule has 0 saturated carbocycles. The molecule has 0 aliphatic carbocycles. The highest BCUT2D eigenvalue weighted by molar-refractivity contribution is 7.89. The third-order valence-corrected chi connectivity index (χ3v) is 4.35. The molecule has 0 fully saturated rings. The predicted molar refractivity (Wildman–Crippen MR) is 78.2 cm³/mol. The van der Waals surface area contributed by atoms with E-state index in [1.54, 1.807) is 7.11 Å². The van der Waals surface area contributed by atoms with Crippen LogP contribution < -0.4 is 10.5 Å². The summed E-state index contributed by atoms with van der Waals surface area (Å²) in [5.41, 5.74) is 5.44. The maximum atomic E-state index is 12.0. The molecule has 20 heavy (non-hydrogen) atoms. The second kappa shape index (κ2) is 7.75. The van der Waals surface area contributed by atoms with Gasteiger partial charge in [0.25, 0.3) is 0 Å². The summed E-state index contributed by atoms with van der Waals surface area (Å²) in [4.78, 5) is 5.68. The Morgan fingerprint density at radius 3 is 2.80 bits per heavy atom. The molecule has 1 rings (SSSR count). The third-order valence-electron chi connectivity index (χ3n) is 2.62. The number of rotatable bonds is 8. The number of nitrogen functional groups attached to an aromatic ring is 1. The Labute approximate surface area is 124 Å². The van der Waals surface area contributed by atoms with Crippen LogP contribution in [0.5, 0.6) is 0 Å². The molecule has 0 unspecified atom stereocenters. The van der Waals surface area contributed by atoms with Gasteiger partial charge in [-0.1, -0.05) is 11.6 Å². The summed E-state index contributed by atoms with van der Waals surface area (Å²) >= 11 is 5.76. The number of anilines is 1. The molecule has 1 heterocycles. The van der Waals surface area contributed by atoms with Gasteiger partial charge >= 0.3 is 0 Å². The molecular weight excluding hydrogens is 304 g/mol. The monoisotopic (exact) mass is 322 g/mol. The van der Waals surface area contributed by atoms with Crippen LogP contribution in [0.25, 0.3) is 0 Å². The van der Waals surface area contributed by atoms with Crippen molar-refractivity contribution in [1.29, 1.82) is 0 Å². The molecule has 0 aromatic carbocycles. The number of nitrogens with zero attached hydrogens (tertiary/aromatic N) is 2. The molecule has 0 amide bonds. The zero-order chi connectivity index (χ0) is 15.2. The SMILES string of the molecule is COCCN(C)CCNS(=O)(=O)c1cnc(N)c(Cl)c1. The molecule has 0 aliphatic heterocycles. The first-order chi connectivity index (χ1) is 9.36. The standard InChI is InChI=1S/C11H19ClN4O3S/c1-16(5-6-19-2)4-3-15-20(17,18)9-7-10(12)11(13)14-8-9/h7-8,15H,3-6H2,1-2H3,(H2,13,14). The van der Waals surface area contributed by atoms with Crippen molar-refractivity contribution in [2.75, 3.05) is 46.1 Å². The molecule has 114 valence electrons. The Morgan fingerprint density at radius 2 is 2.20 bits per heavy atom. The van der Waals surface area contributed by atoms with Gasteiger partial charge in [0.05, 0.1) is 11.6 Å². The van der Waals surface area contributed by atoms with Crippen LogP contribution in [0.1, 0.15) is 0 Å². The second-order valence-corrected chi connectivity index (χ2v) is 6.41. The van der Waals surface area contributed by atoms with Crippen molar-refractivity contribution in [1.82, 2.24) is 14.6 Å². The molecule has 0 atom stereocenters. The zero-order valence-electron chi connectivity index (χ0n) is 11.5. The van der Waals surface area contributed by atoms with Crippen molar-refractivity contribution in [3.63, 3.8) is 0 Å². The summed E-state index contributed by atoms with van der Waals surface area (Å²) in [6.07, 6.45) is 1.18. The average molecular weight is 323 g/mol. The van der Waals surface area contributed by atoms with Crippen molar-refractivity contribution in [2.45, 2.75) is 4.90 Å². The van der Waals surface area contributed by atoms with Gasteiger partial charge in [-0.05, 0) is 13.1 Å². The molecule has 1 aromatic heterocycles. The average Bonchev–Trinajstić information content (AvgIpc) is 2.39. The highest BCUT2D eigenvalue weighted by Gasteiger charge is 2.15. The fraction of sp³-hybridized carbons (Fsp3) is 0.545. The lowest BCUT2D eigenvalue weighted by atomic mass is 10.5. The fourth-order valence-electron chi connectivity index (χ4n) is 1.39. The molecular formula is C11H19ClN4O3S. The van der Waals surface area contributed by atoms with Gasteiger partial charge in [0.2, 0.25) is 10.0 Å². The lowest BCUT2D eigenvalue weighted by Gasteiger charge is -2.16. The summed E-state index contributed by atoms with van der Waals surface area (Å²) in [6.45, 7) is 2.18. The van der Waals surface area contributed by atoms with E-state index in [0.717, 1.165) is 6.54 Å². The van der Waals surface area contributed by atoms with Crippen molar-refractivity contribution < 1.29 is 13.2 Å². The molecule has 0 radical (unpaired) electrons. The zero-order valence-corrected chi connectivity index (χ0v) is 13.0. The van der Waals surface area contributed by atoms with Crippen molar-refractivity contribution in [2.24, 2.45) is 0 Å². The van der Waals surface area contributed by atoms with Gasteiger partial charge in [0.1, 0.15) is 10.7 Å². The fourth-order valence-corrected chi connectivity index (χ4v) is 2.61. The molecule has 0 saturated heterocycles. The minimum absolute atomic E-state index is 0.00348. The molecule has 0 aliphatic rings. The van der Waals surface area contributed by atoms with Gasteiger partial charge in [-0.25, -0.2) is 18.1 Å². The Morgan fingerprint density at radius 1 is 1.50 bits per heavy atom. The van der Waals surface area contributed by atoms with Crippen LogP contribution >= 0.6 is 11.6 Å². The van der Waals surface area contributed by atoms with Crippen LogP contribution in [0.3, 0.4) is 0 Å². The summed E-state index contributed by atoms with van der Waals surface area (Å²) in [6, 6.07) is 1.28. The van der Waals surface area contributed by atoms with Crippen LogP contribution in [-0.2, 0) is 14.8 Å². The van der Waals surface area contributed by atoms with Crippen molar-refractivity contribution >= 4 is 27.4 Å². The Bertz CT molecular complexity index is 538. The quantitative estimate of drug-likeness (QED) is 0.708. The number of aromatic nitrogens is 1. The molecule has 1 aromatic rings. The first-order valence-electron chi connectivity index (χ1n) is 5.95. The van der Waals surface area contributed by atoms with Crippen LogP contribution in [0, 0.1) is 0 Å². The van der Waals surface area contributed by atoms with Crippen LogP contribution in [-0.4, -0.2) is 58.7 Å². The summed E-state index contributed by atoms with van der Waals surface area (Å²) in [5.74, 6) is 0.102. The first-order valence-corrected chi connectivity index (χ1v) is 7.81. The van der Waals surface area contributed by atoms with E-state index in [0.29, 0.717) is 13.2 Å². The van der Waals surface area contributed by atoms with Crippen molar-refractivity contribution in [3.05, 3.63) is 17.3 Å². The molecule has 0 spiro atoms. The van der Waals surface area contributed by atoms with E-state index in [-0.39, 0.29) is 22.3 Å². The lowest BCUT2D eigenvalue weighted by Crippen LogP contribution is -2.34. The van der Waals surface area contributed by atoms with E-state index < -0.39 is 10.0 Å². The number of nitrogens with one attached hydrogen (secondary N) is 1. The summed E-state index contributed by atoms with van der Waals surface area (Å²) < 4.78 is 31.4. The van der Waals surface area contributed by atoms with E-state index in [4.69, 9.17) is 22.1 Å². The maximum absolute atomic E-state index is 12.0. The molecule has 7 nitrogen and oxygen atoms in total. The van der Waals surface area contributed by atoms with Gasteiger partial charge in [-0.3, -0.25) is 0 Å². The molecule has 3 N–H and O–H groups in total. The predicted octanol–water partition coefficient (Wildman–Crippen LogP) is 0.174. The smallest absolute Gasteiger partial charge is 0.242 e. The normalized spacial score (nSPS) is 12.0. The number of nitrogens with two attached hydrogens (primary N) is 1. The number of ether oxygens (including phenoxy) is 1. The van der Waals surface area contributed by atoms with Gasteiger partial charge < -0.3 is 15.4 Å². The van der Waals surface area contributed by atoms with E-state index in [2.05, 4.69) is 9.71 Å². The number of sulfonamides is 1. The van der Waals surface area contributed by atoms with Crippen LogP contribution in [0.4, 0.5) is 5.82 Å². The van der Waals surface area contributed by atoms with Gasteiger partial charge in [-0.15, -0.1) is 0 Å². The first kappa shape index (κ1) is 17.1. The highest BCUT2D eigenvalue weighted by Crippen LogP contribution is 2.19. The van der Waals surface area contributed by atoms with E-state index in [1.165, 1.54) is 12.3 Å². The maximum Gasteiger partial charge on any atom is 0.242 e. The van der Waals surface area contributed by atoms with Gasteiger partial charge in [0.15, 0.2) is 0 Å². The summed E-state index contributed by atoms with van der Waals surface area (Å²) in [5, 5.41) is 0.116. The number of methoxy groups -OCH3 is 1. The number of hydrogen-bond acceptors (Lipinski definition) is 6. The van der Waals surface area contributed by atoms with Crippen molar-refractivity contribution in [3.8, 4) is 0 Å². The van der Waals surface area contributed by atoms with E-state index in [9.17, 15) is 8.42 Å². The van der Waals surface area contributed by atoms with Crippen LogP contribution in [0.2, 0.25) is 5.02 Å². The Kier molecular flexibility index (Phi) is 6.63. The minimum Gasteiger partial charge on any atom is -0.383 e. The van der Waals surface area contributed by atoms with Crippen LogP contribution in [0.15, 0.2) is 17.2 Å². The van der Waals surface area contributed by atoms with E-state index in [1.807, 2.05) is 11.9 Å².